The maximum atomic E-state index is 12.1. The summed E-state index contributed by atoms with van der Waals surface area (Å²) in [6, 6.07) is 8.92. The molecule has 1 heterocycles. The molecule has 2 atom stereocenters. The van der Waals surface area contributed by atoms with Crippen molar-refractivity contribution in [3.05, 3.63) is 35.9 Å². The topological polar surface area (TPSA) is 58.6 Å². The fourth-order valence-electron chi connectivity index (χ4n) is 2.13. The van der Waals surface area contributed by atoms with E-state index in [-0.39, 0.29) is 18.6 Å². The van der Waals surface area contributed by atoms with Crippen LogP contribution in [0.25, 0.3) is 0 Å². The number of piperazine rings is 1. The molecular formula is C14H18N2O3. The van der Waals surface area contributed by atoms with Gasteiger partial charge >= 0.3 is 6.09 Å². The Morgan fingerprint density at radius 1 is 1.37 bits per heavy atom. The summed E-state index contributed by atoms with van der Waals surface area (Å²) in [5, 5.41) is 2.75. The highest BCUT2D eigenvalue weighted by Crippen LogP contribution is 2.13. The van der Waals surface area contributed by atoms with E-state index in [0.717, 1.165) is 5.56 Å². The monoisotopic (exact) mass is 262 g/mol. The molecule has 0 spiro atoms. The second kappa shape index (κ2) is 5.73. The van der Waals surface area contributed by atoms with Crippen LogP contribution >= 0.6 is 0 Å². The lowest BCUT2D eigenvalue weighted by molar-refractivity contribution is -0.129. The summed E-state index contributed by atoms with van der Waals surface area (Å²) in [7, 11) is 0. The van der Waals surface area contributed by atoms with E-state index in [2.05, 4.69) is 5.32 Å². The van der Waals surface area contributed by atoms with Crippen LogP contribution in [-0.4, -0.2) is 35.5 Å². The number of carbonyl (C=O) groups excluding carboxylic acids is 2. The van der Waals surface area contributed by atoms with E-state index in [1.807, 2.05) is 37.3 Å². The van der Waals surface area contributed by atoms with E-state index in [1.165, 1.54) is 4.90 Å². The maximum Gasteiger partial charge on any atom is 0.411 e. The number of hydrogen-bond donors (Lipinski definition) is 1. The average Bonchev–Trinajstić information content (AvgIpc) is 2.42. The third kappa shape index (κ3) is 3.05. The first-order valence-electron chi connectivity index (χ1n) is 6.36. The number of nitrogens with one attached hydrogen (secondary N) is 1. The summed E-state index contributed by atoms with van der Waals surface area (Å²) < 4.78 is 5.26. The average molecular weight is 262 g/mol. The lowest BCUT2D eigenvalue weighted by Crippen LogP contribution is -2.60. The van der Waals surface area contributed by atoms with Crippen LogP contribution in [0.4, 0.5) is 4.79 Å². The van der Waals surface area contributed by atoms with Crippen molar-refractivity contribution in [2.45, 2.75) is 32.5 Å². The molecule has 1 aliphatic heterocycles. The lowest BCUT2D eigenvalue weighted by atomic mass is 10.1. The van der Waals surface area contributed by atoms with Gasteiger partial charge in [-0.3, -0.25) is 9.69 Å². The number of amides is 2. The van der Waals surface area contributed by atoms with Crippen molar-refractivity contribution >= 4 is 12.0 Å². The number of hydrogen-bond acceptors (Lipinski definition) is 3. The zero-order valence-electron chi connectivity index (χ0n) is 11.1. The Bertz CT molecular complexity index is 461. The van der Waals surface area contributed by atoms with Crippen LogP contribution in [0, 0.1) is 0 Å². The minimum atomic E-state index is -0.493. The zero-order valence-corrected chi connectivity index (χ0v) is 11.1. The first-order chi connectivity index (χ1) is 9.09. The SMILES string of the molecule is CC1CNC(=O)[C@H](C)N1C(=O)OCc1ccccc1. The standard InChI is InChI=1S/C14H18N2O3/c1-10-8-15-13(17)11(2)16(10)14(18)19-9-12-6-4-3-5-7-12/h3-7,10-11H,8-9H2,1-2H3,(H,15,17)/t10?,11-/m0/s1. The molecule has 1 unspecified atom stereocenters. The highest BCUT2D eigenvalue weighted by atomic mass is 16.6. The van der Waals surface area contributed by atoms with Crippen molar-refractivity contribution in [1.82, 2.24) is 10.2 Å². The molecule has 2 rings (SSSR count). The van der Waals surface area contributed by atoms with E-state index >= 15 is 0 Å². The van der Waals surface area contributed by atoms with Gasteiger partial charge in [-0.2, -0.15) is 0 Å². The Balaban J connectivity index is 1.97. The molecule has 5 heteroatoms. The largest absolute Gasteiger partial charge is 0.445 e. The van der Waals surface area contributed by atoms with Crippen molar-refractivity contribution in [2.24, 2.45) is 0 Å². The Hall–Kier alpha value is -2.04. The molecule has 0 bridgehead atoms. The summed E-state index contributed by atoms with van der Waals surface area (Å²) in [5.41, 5.74) is 0.928. The molecule has 1 fully saturated rings. The molecule has 1 aromatic carbocycles. The predicted octanol–water partition coefficient (Wildman–Crippen LogP) is 1.53. The summed E-state index contributed by atoms with van der Waals surface area (Å²) >= 11 is 0. The predicted molar refractivity (Wildman–Crippen MR) is 70.4 cm³/mol. The molecule has 1 N–H and O–H groups in total. The van der Waals surface area contributed by atoms with Crippen LogP contribution in [0.5, 0.6) is 0 Å². The van der Waals surface area contributed by atoms with Crippen molar-refractivity contribution in [1.29, 1.82) is 0 Å². The fourth-order valence-corrected chi connectivity index (χ4v) is 2.13. The number of benzene rings is 1. The van der Waals surface area contributed by atoms with E-state index < -0.39 is 12.1 Å². The maximum absolute atomic E-state index is 12.1. The van der Waals surface area contributed by atoms with Crippen molar-refractivity contribution < 1.29 is 14.3 Å². The Morgan fingerprint density at radius 2 is 2.05 bits per heavy atom. The van der Waals surface area contributed by atoms with Gasteiger partial charge in [0.2, 0.25) is 5.91 Å². The van der Waals surface area contributed by atoms with Crippen LogP contribution in [0.15, 0.2) is 30.3 Å². The van der Waals surface area contributed by atoms with Crippen molar-refractivity contribution in [2.75, 3.05) is 6.54 Å². The van der Waals surface area contributed by atoms with Crippen LogP contribution in [0.3, 0.4) is 0 Å². The number of ether oxygens (including phenoxy) is 1. The molecule has 1 saturated heterocycles. The zero-order chi connectivity index (χ0) is 13.8. The first kappa shape index (κ1) is 13.4. The third-order valence-corrected chi connectivity index (χ3v) is 3.26. The van der Waals surface area contributed by atoms with Gasteiger partial charge in [0.1, 0.15) is 12.6 Å². The van der Waals surface area contributed by atoms with Crippen LogP contribution < -0.4 is 5.32 Å². The van der Waals surface area contributed by atoms with Gasteiger partial charge in [-0.1, -0.05) is 30.3 Å². The Morgan fingerprint density at radius 3 is 2.74 bits per heavy atom. The summed E-state index contributed by atoms with van der Waals surface area (Å²) in [5.74, 6) is -0.144. The molecule has 102 valence electrons. The second-order valence-electron chi connectivity index (χ2n) is 4.72. The molecule has 1 aliphatic rings. The minimum Gasteiger partial charge on any atom is -0.445 e. The van der Waals surface area contributed by atoms with Gasteiger partial charge in [-0.15, -0.1) is 0 Å². The normalized spacial score (nSPS) is 22.8. The van der Waals surface area contributed by atoms with Gasteiger partial charge < -0.3 is 10.1 Å². The summed E-state index contributed by atoms with van der Waals surface area (Å²) in [6.07, 6.45) is -0.446. The molecule has 2 amide bonds. The molecular weight excluding hydrogens is 244 g/mol. The van der Waals surface area contributed by atoms with Gasteiger partial charge in [0.25, 0.3) is 0 Å². The molecule has 0 radical (unpaired) electrons. The lowest BCUT2D eigenvalue weighted by Gasteiger charge is -2.37. The number of nitrogens with zero attached hydrogens (tertiary/aromatic N) is 1. The summed E-state index contributed by atoms with van der Waals surface area (Å²) in [4.78, 5) is 25.1. The van der Waals surface area contributed by atoms with Crippen LogP contribution in [0.2, 0.25) is 0 Å². The summed E-state index contributed by atoms with van der Waals surface area (Å²) in [6.45, 7) is 4.27. The number of carbonyl (C=O) groups is 2. The van der Waals surface area contributed by atoms with Gasteiger partial charge in [0.05, 0.1) is 6.04 Å². The third-order valence-electron chi connectivity index (χ3n) is 3.26. The molecule has 0 saturated carbocycles. The molecule has 19 heavy (non-hydrogen) atoms. The van der Waals surface area contributed by atoms with Crippen molar-refractivity contribution in [3.63, 3.8) is 0 Å². The van der Waals surface area contributed by atoms with Gasteiger partial charge in [-0.25, -0.2) is 4.79 Å². The quantitative estimate of drug-likeness (QED) is 0.879. The highest BCUT2D eigenvalue weighted by Gasteiger charge is 2.35. The van der Waals surface area contributed by atoms with Gasteiger partial charge in [-0.05, 0) is 19.4 Å². The van der Waals surface area contributed by atoms with E-state index in [4.69, 9.17) is 4.74 Å². The van der Waals surface area contributed by atoms with Crippen LogP contribution in [-0.2, 0) is 16.1 Å². The van der Waals surface area contributed by atoms with E-state index in [1.54, 1.807) is 6.92 Å². The van der Waals surface area contributed by atoms with Crippen LogP contribution in [0.1, 0.15) is 19.4 Å². The Labute approximate surface area is 112 Å². The van der Waals surface area contributed by atoms with Gasteiger partial charge in [0.15, 0.2) is 0 Å². The smallest absolute Gasteiger partial charge is 0.411 e. The highest BCUT2D eigenvalue weighted by molar-refractivity contribution is 5.86. The van der Waals surface area contributed by atoms with Gasteiger partial charge in [0, 0.05) is 6.54 Å². The molecule has 5 nitrogen and oxygen atoms in total. The molecule has 0 aliphatic carbocycles. The fraction of sp³-hybridized carbons (Fsp3) is 0.429. The van der Waals surface area contributed by atoms with E-state index in [0.29, 0.717) is 6.54 Å². The Kier molecular flexibility index (Phi) is 4.04. The number of rotatable bonds is 2. The second-order valence-corrected chi connectivity index (χ2v) is 4.72. The minimum absolute atomic E-state index is 0.0593. The van der Waals surface area contributed by atoms with E-state index in [9.17, 15) is 9.59 Å². The first-order valence-corrected chi connectivity index (χ1v) is 6.36. The molecule has 0 aromatic heterocycles. The molecule has 1 aromatic rings. The van der Waals surface area contributed by atoms with Crippen molar-refractivity contribution in [3.8, 4) is 0 Å².